The van der Waals surface area contributed by atoms with E-state index in [9.17, 15) is 13.2 Å². The highest BCUT2D eigenvalue weighted by Crippen LogP contribution is 2.33. The molecule has 4 aromatic rings. The molecule has 1 aliphatic rings. The number of benzene rings is 3. The van der Waals surface area contributed by atoms with Gasteiger partial charge in [0.1, 0.15) is 11.3 Å². The second kappa shape index (κ2) is 15.0. The Morgan fingerprint density at radius 1 is 0.932 bits per heavy atom. The molecular formula is C33H39ClN4O5S. The summed E-state index contributed by atoms with van der Waals surface area (Å²) >= 11 is 6.02. The summed E-state index contributed by atoms with van der Waals surface area (Å²) in [5, 5.41) is 9.85. The number of furan rings is 1. The molecule has 0 spiro atoms. The first-order valence-electron chi connectivity index (χ1n) is 15.0. The fraction of sp³-hybridized carbons (Fsp3) is 0.364. The van der Waals surface area contributed by atoms with E-state index in [1.54, 1.807) is 18.4 Å². The lowest BCUT2D eigenvalue weighted by atomic mass is 10.0. The lowest BCUT2D eigenvalue weighted by molar-refractivity contribution is -0.122. The molecule has 0 bridgehead atoms. The van der Waals surface area contributed by atoms with Crippen molar-refractivity contribution in [2.75, 3.05) is 52.4 Å². The number of ether oxygens (including phenoxy) is 1. The molecule has 0 saturated carbocycles. The number of unbranched alkanes of at least 4 members (excludes halogenated alkanes) is 2. The molecule has 0 aliphatic carbocycles. The van der Waals surface area contributed by atoms with Gasteiger partial charge in [0.05, 0.1) is 24.3 Å². The molecule has 1 fully saturated rings. The van der Waals surface area contributed by atoms with E-state index in [4.69, 9.17) is 25.9 Å². The van der Waals surface area contributed by atoms with Crippen LogP contribution in [-0.4, -0.2) is 76.5 Å². The predicted octanol–water partition coefficient (Wildman–Crippen LogP) is 4.93. The maximum absolute atomic E-state index is 12.4. The number of hydrogen-bond donors (Lipinski definition) is 2. The van der Waals surface area contributed by atoms with Gasteiger partial charge in [-0.3, -0.25) is 9.69 Å². The molecule has 3 N–H and O–H groups in total. The summed E-state index contributed by atoms with van der Waals surface area (Å²) in [6, 6.07) is 20.1. The van der Waals surface area contributed by atoms with Gasteiger partial charge < -0.3 is 19.4 Å². The van der Waals surface area contributed by atoms with E-state index in [0.717, 1.165) is 85.4 Å². The largest absolute Gasteiger partial charge is 0.493 e. The van der Waals surface area contributed by atoms with Crippen LogP contribution in [0.1, 0.15) is 24.8 Å². The molecule has 1 saturated heterocycles. The highest BCUT2D eigenvalue weighted by Gasteiger charge is 2.18. The number of rotatable bonds is 14. The first-order chi connectivity index (χ1) is 21.2. The fourth-order valence-corrected chi connectivity index (χ4v) is 6.02. The van der Waals surface area contributed by atoms with E-state index in [0.29, 0.717) is 31.1 Å². The Labute approximate surface area is 264 Å². The normalized spacial score (nSPS) is 14.6. The number of fused-ring (bicyclic) bond motifs is 1. The van der Waals surface area contributed by atoms with E-state index >= 15 is 0 Å². The van der Waals surface area contributed by atoms with Crippen LogP contribution in [0.3, 0.4) is 0 Å². The molecule has 2 heterocycles. The van der Waals surface area contributed by atoms with Crippen molar-refractivity contribution in [2.45, 2.75) is 30.6 Å². The molecule has 0 unspecified atom stereocenters. The third kappa shape index (κ3) is 9.06. The second-order valence-corrected chi connectivity index (χ2v) is 13.1. The van der Waals surface area contributed by atoms with Crippen LogP contribution in [0, 0.1) is 0 Å². The van der Waals surface area contributed by atoms with E-state index in [1.807, 2.05) is 42.5 Å². The summed E-state index contributed by atoms with van der Waals surface area (Å²) < 4.78 is 34.5. The van der Waals surface area contributed by atoms with Crippen LogP contribution in [-0.2, 0) is 21.2 Å². The standard InChI is InChI=1S/C33H39ClN4O5S/c34-27-8-6-26(7-9-27)31-24-43-32-22-28(10-13-30(31)32)42-21-3-1-2-16-37-17-19-38(20-18-37)23-33(39)36-15-14-25-4-11-29(12-5-25)44(35,40)41/h4-13,22,24H,1-3,14-21,23H2,(H,36,39)(H2,35,40,41). The fourth-order valence-electron chi connectivity index (χ4n) is 5.38. The zero-order valence-corrected chi connectivity index (χ0v) is 26.3. The zero-order chi connectivity index (χ0) is 30.9. The van der Waals surface area contributed by atoms with E-state index in [-0.39, 0.29) is 10.8 Å². The number of carbonyl (C=O) groups is 1. The van der Waals surface area contributed by atoms with E-state index < -0.39 is 10.0 Å². The molecule has 5 rings (SSSR count). The number of primary sulfonamides is 1. The number of hydrogen-bond acceptors (Lipinski definition) is 7. The third-order valence-electron chi connectivity index (χ3n) is 7.91. The van der Waals surface area contributed by atoms with E-state index in [2.05, 4.69) is 15.1 Å². The monoisotopic (exact) mass is 638 g/mol. The van der Waals surface area contributed by atoms with Crippen LogP contribution in [0.15, 0.2) is 82.3 Å². The molecule has 9 nitrogen and oxygen atoms in total. The average molecular weight is 639 g/mol. The molecule has 0 radical (unpaired) electrons. The summed E-state index contributed by atoms with van der Waals surface area (Å²) in [6.07, 6.45) is 5.60. The summed E-state index contributed by atoms with van der Waals surface area (Å²) in [7, 11) is -3.69. The van der Waals surface area contributed by atoms with Crippen LogP contribution in [0.5, 0.6) is 5.75 Å². The van der Waals surface area contributed by atoms with Crippen molar-refractivity contribution in [2.24, 2.45) is 5.14 Å². The van der Waals surface area contributed by atoms with Crippen LogP contribution in [0.4, 0.5) is 0 Å². The van der Waals surface area contributed by atoms with Crippen molar-refractivity contribution in [1.29, 1.82) is 0 Å². The highest BCUT2D eigenvalue weighted by atomic mass is 35.5. The maximum atomic E-state index is 12.4. The lowest BCUT2D eigenvalue weighted by Gasteiger charge is -2.34. The smallest absolute Gasteiger partial charge is 0.238 e. The van der Waals surface area contributed by atoms with Crippen molar-refractivity contribution in [3.05, 3.63) is 83.6 Å². The Morgan fingerprint density at radius 2 is 1.66 bits per heavy atom. The SMILES string of the molecule is NS(=O)(=O)c1ccc(CCNC(=O)CN2CCN(CCCCCOc3ccc4c(-c5ccc(Cl)cc5)coc4c3)CC2)cc1. The van der Waals surface area contributed by atoms with Crippen LogP contribution >= 0.6 is 11.6 Å². The van der Waals surface area contributed by atoms with Crippen LogP contribution in [0.25, 0.3) is 22.1 Å². The van der Waals surface area contributed by atoms with Gasteiger partial charge >= 0.3 is 0 Å². The molecule has 0 atom stereocenters. The van der Waals surface area contributed by atoms with Gasteiger partial charge in [0.2, 0.25) is 15.9 Å². The first kappa shape index (κ1) is 32.0. The number of carbonyl (C=O) groups excluding carboxylic acids is 1. The summed E-state index contributed by atoms with van der Waals surface area (Å²) in [4.78, 5) is 17.1. The number of piperazine rings is 1. The minimum absolute atomic E-state index is 0.00722. The molecule has 11 heteroatoms. The van der Waals surface area contributed by atoms with Gasteiger partial charge in [0, 0.05) is 54.8 Å². The molecule has 234 valence electrons. The number of halogens is 1. The topological polar surface area (TPSA) is 118 Å². The van der Waals surface area contributed by atoms with Gasteiger partial charge in [-0.25, -0.2) is 13.6 Å². The van der Waals surface area contributed by atoms with Gasteiger partial charge in [-0.05, 0) is 79.8 Å². The highest BCUT2D eigenvalue weighted by molar-refractivity contribution is 7.89. The number of nitrogens with zero attached hydrogens (tertiary/aromatic N) is 2. The second-order valence-electron chi connectivity index (χ2n) is 11.1. The Kier molecular flexibility index (Phi) is 10.9. The Bertz CT molecular complexity index is 1630. The summed E-state index contributed by atoms with van der Waals surface area (Å²) in [6.45, 7) is 6.28. The minimum atomic E-state index is -3.69. The minimum Gasteiger partial charge on any atom is -0.493 e. The van der Waals surface area contributed by atoms with E-state index in [1.165, 1.54) is 12.1 Å². The Balaban J connectivity index is 0.920. The number of nitrogens with two attached hydrogens (primary N) is 1. The lowest BCUT2D eigenvalue weighted by Crippen LogP contribution is -2.49. The predicted molar refractivity (Wildman–Crippen MR) is 173 cm³/mol. The molecular weight excluding hydrogens is 600 g/mol. The zero-order valence-electron chi connectivity index (χ0n) is 24.7. The maximum Gasteiger partial charge on any atom is 0.238 e. The summed E-state index contributed by atoms with van der Waals surface area (Å²) in [5.41, 5.74) is 3.85. The first-order valence-corrected chi connectivity index (χ1v) is 16.9. The van der Waals surface area contributed by atoms with Crippen molar-refractivity contribution in [1.82, 2.24) is 15.1 Å². The van der Waals surface area contributed by atoms with Gasteiger partial charge in [-0.1, -0.05) is 35.9 Å². The Morgan fingerprint density at radius 3 is 2.39 bits per heavy atom. The van der Waals surface area contributed by atoms with Gasteiger partial charge in [-0.2, -0.15) is 0 Å². The Hall–Kier alpha value is -3.41. The van der Waals surface area contributed by atoms with Crippen LogP contribution in [0.2, 0.25) is 5.02 Å². The van der Waals surface area contributed by atoms with Crippen molar-refractivity contribution in [3.63, 3.8) is 0 Å². The molecule has 1 aromatic heterocycles. The number of amides is 1. The molecule has 44 heavy (non-hydrogen) atoms. The average Bonchev–Trinajstić information content (AvgIpc) is 3.43. The van der Waals surface area contributed by atoms with Crippen molar-refractivity contribution in [3.8, 4) is 16.9 Å². The quantitative estimate of drug-likeness (QED) is 0.188. The number of sulfonamides is 1. The van der Waals surface area contributed by atoms with Gasteiger partial charge in [0.25, 0.3) is 0 Å². The molecule has 1 aliphatic heterocycles. The van der Waals surface area contributed by atoms with Gasteiger partial charge in [0.15, 0.2) is 0 Å². The van der Waals surface area contributed by atoms with Crippen molar-refractivity contribution >= 4 is 38.5 Å². The van der Waals surface area contributed by atoms with Crippen molar-refractivity contribution < 1.29 is 22.4 Å². The van der Waals surface area contributed by atoms with Gasteiger partial charge in [-0.15, -0.1) is 0 Å². The number of nitrogens with one attached hydrogen (secondary N) is 1. The summed E-state index contributed by atoms with van der Waals surface area (Å²) in [5.74, 6) is 0.821. The van der Waals surface area contributed by atoms with Crippen LogP contribution < -0.4 is 15.2 Å². The molecule has 1 amide bonds. The third-order valence-corrected chi connectivity index (χ3v) is 9.09. The molecule has 3 aromatic carbocycles.